The van der Waals surface area contributed by atoms with Crippen LogP contribution in [0.2, 0.25) is 0 Å². The molecule has 0 aromatic heterocycles. The van der Waals surface area contributed by atoms with Gasteiger partial charge in [0.2, 0.25) is 0 Å². The van der Waals surface area contributed by atoms with E-state index in [1.807, 2.05) is 0 Å². The number of nitrogens with zero attached hydrogens (tertiary/aromatic N) is 1. The molecule has 0 fully saturated rings. The Morgan fingerprint density at radius 1 is 1.38 bits per heavy atom. The quantitative estimate of drug-likeness (QED) is 0.479. The first kappa shape index (κ1) is 12.8. The molecule has 0 amide bonds. The Morgan fingerprint density at radius 2 is 1.88 bits per heavy atom. The molecule has 1 unspecified atom stereocenters. The molecule has 7 heteroatoms. The fourth-order valence-electron chi connectivity index (χ4n) is 1.39. The van der Waals surface area contributed by atoms with E-state index in [4.69, 9.17) is 9.79 Å². The van der Waals surface area contributed by atoms with E-state index in [0.717, 1.165) is 0 Å². The molecule has 1 aromatic rings. The van der Waals surface area contributed by atoms with Crippen LogP contribution in [-0.4, -0.2) is 20.9 Å². The third-order valence-electron chi connectivity index (χ3n) is 2.18. The molecule has 16 heavy (non-hydrogen) atoms. The van der Waals surface area contributed by atoms with E-state index in [-0.39, 0.29) is 17.8 Å². The van der Waals surface area contributed by atoms with Crippen LogP contribution in [0.1, 0.15) is 18.4 Å². The van der Waals surface area contributed by atoms with Gasteiger partial charge in [-0.25, -0.2) is 0 Å². The number of rotatable bonds is 4. The normalized spacial score (nSPS) is 13.4. The highest BCUT2D eigenvalue weighted by Crippen LogP contribution is 2.39. The monoisotopic (exact) mass is 245 g/mol. The van der Waals surface area contributed by atoms with Gasteiger partial charge >= 0.3 is 7.60 Å². The van der Waals surface area contributed by atoms with Crippen LogP contribution < -0.4 is 0 Å². The Bertz CT molecular complexity index is 424. The summed E-state index contributed by atoms with van der Waals surface area (Å²) in [6.07, 6.45) is -0.259. The zero-order valence-electron chi connectivity index (χ0n) is 8.61. The molecule has 0 heterocycles. The first-order chi connectivity index (χ1) is 7.29. The van der Waals surface area contributed by atoms with Crippen LogP contribution in [0.25, 0.3) is 0 Å². The molecule has 1 rings (SSSR count). The van der Waals surface area contributed by atoms with Crippen molar-refractivity contribution in [1.29, 1.82) is 0 Å². The minimum atomic E-state index is -4.05. The summed E-state index contributed by atoms with van der Waals surface area (Å²) in [5, 5.41) is 10.4. The minimum Gasteiger partial charge on any atom is -0.324 e. The summed E-state index contributed by atoms with van der Waals surface area (Å²) < 4.78 is 10.8. The molecule has 0 bridgehead atoms. The van der Waals surface area contributed by atoms with Gasteiger partial charge in [0.1, 0.15) is 0 Å². The molecule has 1 aromatic carbocycles. The van der Waals surface area contributed by atoms with E-state index in [0.29, 0.717) is 5.56 Å². The summed E-state index contributed by atoms with van der Waals surface area (Å²) in [6, 6.07) is 5.67. The van der Waals surface area contributed by atoms with Gasteiger partial charge in [0, 0.05) is 12.1 Å². The van der Waals surface area contributed by atoms with E-state index in [2.05, 4.69) is 0 Å². The number of hydrogen-bond donors (Lipinski definition) is 2. The molecule has 0 spiro atoms. The Balaban J connectivity index is 2.82. The zero-order chi connectivity index (χ0) is 12.3. The summed E-state index contributed by atoms with van der Waals surface area (Å²) in [4.78, 5) is 27.5. The van der Waals surface area contributed by atoms with Crippen molar-refractivity contribution in [2.24, 2.45) is 0 Å². The molecule has 0 radical (unpaired) electrons. The highest BCUT2D eigenvalue weighted by molar-refractivity contribution is 7.51. The summed E-state index contributed by atoms with van der Waals surface area (Å²) in [7, 11) is -4.05. The van der Waals surface area contributed by atoms with Crippen molar-refractivity contribution < 1.29 is 19.3 Å². The van der Waals surface area contributed by atoms with Crippen molar-refractivity contribution >= 4 is 13.3 Å². The average molecular weight is 245 g/mol. The Morgan fingerprint density at radius 3 is 2.25 bits per heavy atom. The number of non-ortho nitro benzene ring substituents is 1. The maximum atomic E-state index is 10.8. The van der Waals surface area contributed by atoms with Crippen LogP contribution in [0.15, 0.2) is 24.3 Å². The van der Waals surface area contributed by atoms with Gasteiger partial charge < -0.3 is 9.79 Å². The van der Waals surface area contributed by atoms with Crippen molar-refractivity contribution in [3.8, 4) is 0 Å². The predicted octanol–water partition coefficient (Wildman–Crippen LogP) is 1.88. The number of nitro groups is 1. The molecule has 1 atom stereocenters. The fourth-order valence-corrected chi connectivity index (χ4v) is 2.31. The summed E-state index contributed by atoms with van der Waals surface area (Å²) in [5.74, 6) is -0.332. The Kier molecular flexibility index (Phi) is 3.80. The number of benzene rings is 1. The molecular formula is C9H12NO5P. The second-order valence-electron chi connectivity index (χ2n) is 3.60. The molecule has 2 N–H and O–H groups in total. The third kappa shape index (κ3) is 3.73. The molecule has 0 saturated carbocycles. The molecule has 0 aliphatic heterocycles. The molecule has 6 nitrogen and oxygen atoms in total. The lowest BCUT2D eigenvalue weighted by atomic mass is 10.0. The van der Waals surface area contributed by atoms with E-state index in [9.17, 15) is 14.7 Å². The van der Waals surface area contributed by atoms with Gasteiger partial charge in [0.25, 0.3) is 5.69 Å². The molecule has 0 aliphatic carbocycles. The van der Waals surface area contributed by atoms with Crippen LogP contribution in [0.4, 0.5) is 5.69 Å². The highest BCUT2D eigenvalue weighted by Gasteiger charge is 2.19. The van der Waals surface area contributed by atoms with E-state index < -0.39 is 12.5 Å². The van der Waals surface area contributed by atoms with Crippen molar-refractivity contribution in [3.63, 3.8) is 0 Å². The molecule has 88 valence electrons. The number of nitro benzene ring substituents is 1. The fraction of sp³-hybridized carbons (Fsp3) is 0.333. The Labute approximate surface area is 92.2 Å². The van der Waals surface area contributed by atoms with E-state index in [1.165, 1.54) is 24.3 Å². The van der Waals surface area contributed by atoms with Crippen molar-refractivity contribution in [1.82, 2.24) is 0 Å². The van der Waals surface area contributed by atoms with Gasteiger partial charge in [-0.3, -0.25) is 14.7 Å². The first-order valence-corrected chi connectivity index (χ1v) is 6.38. The van der Waals surface area contributed by atoms with Gasteiger partial charge in [0.15, 0.2) is 0 Å². The van der Waals surface area contributed by atoms with Crippen LogP contribution in [0.3, 0.4) is 0 Å². The van der Waals surface area contributed by atoms with Gasteiger partial charge in [-0.2, -0.15) is 0 Å². The SMILES string of the molecule is CC(CP(=O)(O)O)c1ccc([N+](=O)[O-])cc1. The second-order valence-corrected chi connectivity index (χ2v) is 5.29. The highest BCUT2D eigenvalue weighted by atomic mass is 31.2. The van der Waals surface area contributed by atoms with Crippen LogP contribution in [0.5, 0.6) is 0 Å². The average Bonchev–Trinajstić information content (AvgIpc) is 2.15. The first-order valence-electron chi connectivity index (χ1n) is 4.58. The maximum absolute atomic E-state index is 10.8. The van der Waals surface area contributed by atoms with Gasteiger partial charge in [-0.15, -0.1) is 0 Å². The molecular weight excluding hydrogens is 233 g/mol. The largest absolute Gasteiger partial charge is 0.326 e. The van der Waals surface area contributed by atoms with Crippen LogP contribution in [-0.2, 0) is 4.57 Å². The summed E-state index contributed by atoms with van der Waals surface area (Å²) in [6.45, 7) is 1.67. The van der Waals surface area contributed by atoms with Crippen LogP contribution >= 0.6 is 7.60 Å². The lowest BCUT2D eigenvalue weighted by molar-refractivity contribution is -0.384. The zero-order valence-corrected chi connectivity index (χ0v) is 9.50. The van der Waals surface area contributed by atoms with Crippen LogP contribution in [0, 0.1) is 10.1 Å². The van der Waals surface area contributed by atoms with Crippen molar-refractivity contribution in [2.45, 2.75) is 12.8 Å². The molecule has 0 saturated heterocycles. The van der Waals surface area contributed by atoms with Gasteiger partial charge in [-0.05, 0) is 11.5 Å². The van der Waals surface area contributed by atoms with Crippen molar-refractivity contribution in [3.05, 3.63) is 39.9 Å². The van der Waals surface area contributed by atoms with E-state index >= 15 is 0 Å². The van der Waals surface area contributed by atoms with Gasteiger partial charge in [0.05, 0.1) is 11.1 Å². The predicted molar refractivity (Wildman–Crippen MR) is 58.4 cm³/mol. The maximum Gasteiger partial charge on any atom is 0.326 e. The minimum absolute atomic E-state index is 0.0351. The smallest absolute Gasteiger partial charge is 0.324 e. The third-order valence-corrected chi connectivity index (χ3v) is 3.21. The lowest BCUT2D eigenvalue weighted by Crippen LogP contribution is -2.01. The standard InChI is InChI=1S/C9H12NO5P/c1-7(6-16(13,14)15)8-2-4-9(5-3-8)10(11)12/h2-5,7H,6H2,1H3,(H2,13,14,15). The Hall–Kier alpha value is -1.23. The van der Waals surface area contributed by atoms with E-state index in [1.54, 1.807) is 6.92 Å². The van der Waals surface area contributed by atoms with Crippen molar-refractivity contribution in [2.75, 3.05) is 6.16 Å². The second kappa shape index (κ2) is 4.74. The topological polar surface area (TPSA) is 101 Å². The molecule has 0 aliphatic rings. The lowest BCUT2D eigenvalue weighted by Gasteiger charge is -2.12. The number of hydrogen-bond acceptors (Lipinski definition) is 3. The summed E-state index contributed by atoms with van der Waals surface area (Å²) >= 11 is 0. The summed E-state index contributed by atoms with van der Waals surface area (Å²) in [5.41, 5.74) is 0.640. The van der Waals surface area contributed by atoms with Gasteiger partial charge in [-0.1, -0.05) is 19.1 Å².